The lowest BCUT2D eigenvalue weighted by Gasteiger charge is -2.52. The number of rotatable bonds is 5. The third-order valence-corrected chi connectivity index (χ3v) is 9.26. The van der Waals surface area contributed by atoms with Crippen LogP contribution in [0.2, 0.25) is 5.02 Å². The molecule has 0 spiro atoms. The Morgan fingerprint density at radius 2 is 1.63 bits per heavy atom. The second-order valence-electron chi connectivity index (χ2n) is 11.0. The molecule has 4 aliphatic rings. The first kappa shape index (κ1) is 26.7. The Morgan fingerprint density at radius 3 is 2.28 bits per heavy atom. The van der Waals surface area contributed by atoms with Gasteiger partial charge in [0.1, 0.15) is 0 Å². The number of aryl methyl sites for hydroxylation is 1. The standard InChI is InChI=1S/C33H23ClN4O5/c1-18-13-14-20(16-26(18)34)37-31(40)28-27-22-9-2-4-11-24(22)33(29(28)32(37)41,25-12-5-3-10-23(25)27)17-35-36-30(39)19-7-6-8-21(15-19)38(42)43/h2-17,27-29H,1H3,(H,36,39)/b35-17-/t27?,28-,29+,33?/m1/s1. The Bertz CT molecular complexity index is 1870. The highest BCUT2D eigenvalue weighted by molar-refractivity contribution is 6.32. The van der Waals surface area contributed by atoms with E-state index in [1.54, 1.807) is 24.4 Å². The van der Waals surface area contributed by atoms with Gasteiger partial charge >= 0.3 is 0 Å². The van der Waals surface area contributed by atoms with Crippen LogP contribution in [0.3, 0.4) is 0 Å². The number of carbonyl (C=O) groups is 3. The molecule has 0 saturated carbocycles. The van der Waals surface area contributed by atoms with Crippen LogP contribution in [0.4, 0.5) is 11.4 Å². The van der Waals surface area contributed by atoms with Gasteiger partial charge < -0.3 is 0 Å². The van der Waals surface area contributed by atoms with Crippen molar-refractivity contribution in [3.8, 4) is 0 Å². The van der Waals surface area contributed by atoms with Gasteiger partial charge in [-0.2, -0.15) is 5.10 Å². The van der Waals surface area contributed by atoms with E-state index in [1.165, 1.54) is 29.2 Å². The van der Waals surface area contributed by atoms with Crippen LogP contribution in [-0.2, 0) is 15.0 Å². The summed E-state index contributed by atoms with van der Waals surface area (Å²) in [5, 5.41) is 16.0. The number of nitro benzene ring substituents is 1. The van der Waals surface area contributed by atoms with E-state index in [9.17, 15) is 24.5 Å². The smallest absolute Gasteiger partial charge is 0.271 e. The van der Waals surface area contributed by atoms with Gasteiger partial charge in [-0.05, 0) is 52.9 Å². The van der Waals surface area contributed by atoms with Gasteiger partial charge in [0.25, 0.3) is 11.6 Å². The SMILES string of the molecule is Cc1ccc(N2C(=O)[C@@H]3C4c5ccccc5C(/C=N\NC(=O)c5cccc([N+](=O)[O-])c5)(c5ccccc54)[C@@H]3C2=O)cc1Cl. The Balaban J connectivity index is 1.37. The Kier molecular flexibility index (Phi) is 6.03. The van der Waals surface area contributed by atoms with Crippen LogP contribution in [0, 0.1) is 28.9 Å². The molecule has 1 aliphatic heterocycles. The molecule has 1 heterocycles. The van der Waals surface area contributed by atoms with Crippen LogP contribution in [0.25, 0.3) is 0 Å². The molecule has 3 amide bonds. The van der Waals surface area contributed by atoms with Crippen molar-refractivity contribution in [1.29, 1.82) is 0 Å². The van der Waals surface area contributed by atoms with Crippen molar-refractivity contribution in [2.24, 2.45) is 16.9 Å². The molecular formula is C33H23ClN4O5. The maximum Gasteiger partial charge on any atom is 0.271 e. The molecule has 2 atom stereocenters. The summed E-state index contributed by atoms with van der Waals surface area (Å²) in [5.41, 5.74) is 5.88. The van der Waals surface area contributed by atoms with Crippen LogP contribution >= 0.6 is 11.6 Å². The topological polar surface area (TPSA) is 122 Å². The fraction of sp³-hybridized carbons (Fsp3) is 0.152. The minimum atomic E-state index is -1.18. The van der Waals surface area contributed by atoms with Crippen LogP contribution in [0.15, 0.2) is 96.1 Å². The summed E-state index contributed by atoms with van der Waals surface area (Å²) < 4.78 is 0. The zero-order chi connectivity index (χ0) is 30.0. The predicted molar refractivity (Wildman–Crippen MR) is 160 cm³/mol. The average Bonchev–Trinajstić information content (AvgIpc) is 3.29. The summed E-state index contributed by atoms with van der Waals surface area (Å²) in [4.78, 5) is 53.5. The number of nitro groups is 1. The second kappa shape index (κ2) is 9.71. The highest BCUT2D eigenvalue weighted by Crippen LogP contribution is 2.63. The van der Waals surface area contributed by atoms with Crippen LogP contribution in [0.5, 0.6) is 0 Å². The fourth-order valence-corrected chi connectivity index (χ4v) is 7.22. The van der Waals surface area contributed by atoms with E-state index in [-0.39, 0.29) is 29.0 Å². The summed E-state index contributed by atoms with van der Waals surface area (Å²) in [6.07, 6.45) is 1.55. The third kappa shape index (κ3) is 3.78. The number of benzene rings is 4. The predicted octanol–water partition coefficient (Wildman–Crippen LogP) is 5.52. The molecule has 9 nitrogen and oxygen atoms in total. The molecule has 2 bridgehead atoms. The molecule has 4 aromatic rings. The summed E-state index contributed by atoms with van der Waals surface area (Å²) >= 11 is 6.41. The van der Waals surface area contributed by atoms with Gasteiger partial charge in [-0.25, -0.2) is 10.3 Å². The van der Waals surface area contributed by atoms with Gasteiger partial charge in [-0.1, -0.05) is 72.3 Å². The average molecular weight is 591 g/mol. The molecule has 0 aromatic heterocycles. The molecule has 1 saturated heterocycles. The molecule has 43 heavy (non-hydrogen) atoms. The van der Waals surface area contributed by atoms with E-state index in [0.717, 1.165) is 27.8 Å². The molecule has 3 aliphatic carbocycles. The van der Waals surface area contributed by atoms with Crippen molar-refractivity contribution >= 4 is 46.9 Å². The number of anilines is 1. The normalized spacial score (nSPS) is 23.2. The van der Waals surface area contributed by atoms with Crippen molar-refractivity contribution in [2.45, 2.75) is 18.3 Å². The Labute approximate surface area is 250 Å². The largest absolute Gasteiger partial charge is 0.274 e. The van der Waals surface area contributed by atoms with Crippen LogP contribution in [0.1, 0.15) is 44.1 Å². The maximum atomic E-state index is 14.4. The van der Waals surface area contributed by atoms with Gasteiger partial charge in [0.05, 0.1) is 27.9 Å². The third-order valence-electron chi connectivity index (χ3n) is 8.85. The number of nitrogens with one attached hydrogen (secondary N) is 1. The molecule has 4 aromatic carbocycles. The minimum absolute atomic E-state index is 0.0597. The second-order valence-corrected chi connectivity index (χ2v) is 11.4. The van der Waals surface area contributed by atoms with Gasteiger partial charge in [0, 0.05) is 34.9 Å². The van der Waals surface area contributed by atoms with Crippen LogP contribution < -0.4 is 10.3 Å². The van der Waals surface area contributed by atoms with E-state index in [4.69, 9.17) is 11.6 Å². The van der Waals surface area contributed by atoms with Crippen molar-refractivity contribution in [3.05, 3.63) is 140 Å². The first-order chi connectivity index (χ1) is 20.7. The number of hydrazone groups is 1. The summed E-state index contributed by atoms with van der Waals surface area (Å²) in [6, 6.07) is 25.9. The summed E-state index contributed by atoms with van der Waals surface area (Å²) in [6.45, 7) is 1.85. The van der Waals surface area contributed by atoms with Crippen molar-refractivity contribution in [2.75, 3.05) is 4.90 Å². The molecule has 212 valence electrons. The van der Waals surface area contributed by atoms with Gasteiger partial charge in [-0.15, -0.1) is 0 Å². The quantitative estimate of drug-likeness (QED) is 0.142. The van der Waals surface area contributed by atoms with Crippen LogP contribution in [-0.4, -0.2) is 28.9 Å². The molecule has 1 fully saturated rings. The van der Waals surface area contributed by atoms with E-state index in [1.807, 2.05) is 55.5 Å². The Hall–Kier alpha value is -5.15. The molecule has 0 radical (unpaired) electrons. The molecule has 8 rings (SSSR count). The molecule has 0 unspecified atom stereocenters. The Morgan fingerprint density at radius 1 is 0.953 bits per heavy atom. The highest BCUT2D eigenvalue weighted by atomic mass is 35.5. The molecular weight excluding hydrogens is 568 g/mol. The zero-order valence-electron chi connectivity index (χ0n) is 22.7. The lowest BCUT2D eigenvalue weighted by atomic mass is 9.47. The minimum Gasteiger partial charge on any atom is -0.274 e. The first-order valence-electron chi connectivity index (χ1n) is 13.7. The number of hydrogen-bond acceptors (Lipinski definition) is 6. The number of amides is 3. The van der Waals surface area contributed by atoms with Crippen molar-refractivity contribution in [3.63, 3.8) is 0 Å². The number of carbonyl (C=O) groups excluding carboxylic acids is 3. The number of nitrogens with zero attached hydrogens (tertiary/aromatic N) is 3. The number of halogens is 1. The monoisotopic (exact) mass is 590 g/mol. The highest BCUT2D eigenvalue weighted by Gasteiger charge is 2.68. The van der Waals surface area contributed by atoms with Crippen molar-refractivity contribution < 1.29 is 19.3 Å². The van der Waals surface area contributed by atoms with E-state index < -0.39 is 28.1 Å². The van der Waals surface area contributed by atoms with E-state index in [2.05, 4.69) is 10.5 Å². The fourth-order valence-electron chi connectivity index (χ4n) is 7.04. The van der Waals surface area contributed by atoms with E-state index in [0.29, 0.717) is 10.7 Å². The summed E-state index contributed by atoms with van der Waals surface area (Å²) in [7, 11) is 0. The number of imide groups is 1. The molecule has 1 N–H and O–H groups in total. The van der Waals surface area contributed by atoms with Gasteiger partial charge in [0.2, 0.25) is 11.8 Å². The zero-order valence-corrected chi connectivity index (χ0v) is 23.5. The van der Waals surface area contributed by atoms with Crippen molar-refractivity contribution in [1.82, 2.24) is 5.43 Å². The molecule has 10 heteroatoms. The number of hydrogen-bond donors (Lipinski definition) is 1. The summed E-state index contributed by atoms with van der Waals surface area (Å²) in [5.74, 6) is -3.24. The first-order valence-corrected chi connectivity index (χ1v) is 14.0. The van der Waals surface area contributed by atoms with E-state index >= 15 is 0 Å². The lowest BCUT2D eigenvalue weighted by Crippen LogP contribution is -2.54. The lowest BCUT2D eigenvalue weighted by molar-refractivity contribution is -0.384. The number of non-ortho nitro benzene ring substituents is 1. The maximum absolute atomic E-state index is 14.4. The van der Waals surface area contributed by atoms with Gasteiger partial charge in [0.15, 0.2) is 0 Å². The van der Waals surface area contributed by atoms with Gasteiger partial charge in [-0.3, -0.25) is 24.5 Å².